The fourth-order valence-electron chi connectivity index (χ4n) is 3.44. The molecule has 2 atom stereocenters. The van der Waals surface area contributed by atoms with Crippen LogP contribution in [0.4, 0.5) is 5.82 Å². The number of thioether (sulfide) groups is 3. The van der Waals surface area contributed by atoms with E-state index in [0.717, 1.165) is 11.4 Å². The van der Waals surface area contributed by atoms with Crippen LogP contribution in [0.25, 0.3) is 0 Å². The van der Waals surface area contributed by atoms with Crippen LogP contribution in [-0.2, 0) is 20.1 Å². The Labute approximate surface area is 222 Å². The highest BCUT2D eigenvalue weighted by molar-refractivity contribution is 8.07. The highest BCUT2D eigenvalue weighted by atomic mass is 32.2. The van der Waals surface area contributed by atoms with Crippen LogP contribution in [0.2, 0.25) is 0 Å². The molecule has 16 heteroatoms. The molecule has 1 unspecified atom stereocenters. The summed E-state index contributed by atoms with van der Waals surface area (Å²) in [6.45, 7) is 0.584. The van der Waals surface area contributed by atoms with Gasteiger partial charge in [-0.05, 0) is 12.1 Å². The molecule has 0 radical (unpaired) electrons. The molecule has 1 fully saturated rings. The molecule has 0 spiro atoms. The van der Waals surface area contributed by atoms with Crippen molar-refractivity contribution in [3.05, 3.63) is 45.6 Å². The number of amides is 2. The van der Waals surface area contributed by atoms with E-state index in [0.29, 0.717) is 27.3 Å². The summed E-state index contributed by atoms with van der Waals surface area (Å²) in [4.78, 5) is 47.9. The standard InChI is InChI=1S/C20H21N7O5S4/c21-4-5-33-6-9-7-35-20(23-9)36-11-8-34-18-14(17(29)27(18)15(11)19(30)31)25-16(28)13(26-32)10-2-1-3-12(22)24-10/h1-3,7,14,18,32H,4-6,8,21H2,(H2,22,24)(H,25,28)(H,30,31)/b26-13-/t14-,18?/m1/s1. The van der Waals surface area contributed by atoms with Crippen LogP contribution in [0, 0.1) is 0 Å². The van der Waals surface area contributed by atoms with E-state index in [-0.39, 0.29) is 17.2 Å². The molecule has 2 aromatic heterocycles. The van der Waals surface area contributed by atoms with E-state index in [1.165, 1.54) is 58.0 Å². The second-order valence-corrected chi connectivity index (χ2v) is 11.8. The summed E-state index contributed by atoms with van der Waals surface area (Å²) in [5, 5.41) is 26.0. The Morgan fingerprint density at radius 1 is 1.33 bits per heavy atom. The van der Waals surface area contributed by atoms with Crippen molar-refractivity contribution in [1.82, 2.24) is 20.2 Å². The lowest BCUT2D eigenvalue weighted by molar-refractivity contribution is -0.150. The maximum Gasteiger partial charge on any atom is 0.353 e. The van der Waals surface area contributed by atoms with Gasteiger partial charge in [-0.3, -0.25) is 14.5 Å². The molecule has 2 aliphatic heterocycles. The van der Waals surface area contributed by atoms with E-state index in [4.69, 9.17) is 11.5 Å². The minimum atomic E-state index is -1.24. The van der Waals surface area contributed by atoms with Gasteiger partial charge in [-0.15, -0.1) is 23.1 Å². The number of carbonyl (C=O) groups excluding carboxylic acids is 2. The first kappa shape index (κ1) is 26.3. The van der Waals surface area contributed by atoms with Crippen LogP contribution in [0.3, 0.4) is 0 Å². The van der Waals surface area contributed by atoms with Gasteiger partial charge in [-0.25, -0.2) is 14.8 Å². The summed E-state index contributed by atoms with van der Waals surface area (Å²) in [5.41, 5.74) is 11.5. The van der Waals surface area contributed by atoms with Gasteiger partial charge in [0.2, 0.25) is 0 Å². The summed E-state index contributed by atoms with van der Waals surface area (Å²) in [7, 11) is 0. The molecule has 4 rings (SSSR count). The van der Waals surface area contributed by atoms with Crippen LogP contribution >= 0.6 is 46.6 Å². The molecule has 4 heterocycles. The average Bonchev–Trinajstić information content (AvgIpc) is 3.30. The van der Waals surface area contributed by atoms with Crippen molar-refractivity contribution in [2.75, 3.05) is 23.8 Å². The number of nitrogen functional groups attached to an aromatic ring is 1. The fraction of sp³-hybridized carbons (Fsp3) is 0.300. The smallest absolute Gasteiger partial charge is 0.353 e. The zero-order valence-corrected chi connectivity index (χ0v) is 21.8. The molecular formula is C20H21N7O5S4. The van der Waals surface area contributed by atoms with Gasteiger partial charge >= 0.3 is 5.97 Å². The van der Waals surface area contributed by atoms with Crippen LogP contribution < -0.4 is 16.8 Å². The number of carboxylic acid groups (broad SMARTS) is 1. The average molecular weight is 568 g/mol. The number of rotatable bonds is 10. The lowest BCUT2D eigenvalue weighted by atomic mass is 10.0. The Balaban J connectivity index is 1.47. The van der Waals surface area contributed by atoms with E-state index in [1.54, 1.807) is 11.8 Å². The number of nitrogens with one attached hydrogen (secondary N) is 1. The van der Waals surface area contributed by atoms with Crippen molar-refractivity contribution >= 4 is 75.9 Å². The number of aromatic nitrogens is 2. The highest BCUT2D eigenvalue weighted by Gasteiger charge is 2.54. The molecule has 7 N–H and O–H groups in total. The van der Waals surface area contributed by atoms with Crippen LogP contribution in [0.15, 0.2) is 43.7 Å². The SMILES string of the molecule is NCCSCc1csc(SC2=C(C(=O)O)N3C(=O)[C@@H](NC(=O)/C(=N\O)c4cccc(N)n4)C3SC2)n1. The number of carboxylic acids is 1. The predicted molar refractivity (Wildman–Crippen MR) is 140 cm³/mol. The number of nitrogens with zero attached hydrogens (tertiary/aromatic N) is 4. The summed E-state index contributed by atoms with van der Waals surface area (Å²) in [6.07, 6.45) is 0. The van der Waals surface area contributed by atoms with Crippen LogP contribution in [0.1, 0.15) is 11.4 Å². The molecule has 2 aliphatic rings. The topological polar surface area (TPSA) is 197 Å². The van der Waals surface area contributed by atoms with Crippen LogP contribution in [0.5, 0.6) is 0 Å². The molecule has 0 saturated carbocycles. The lowest BCUT2D eigenvalue weighted by Gasteiger charge is -2.49. The number of pyridine rings is 1. The molecule has 0 aromatic carbocycles. The van der Waals surface area contributed by atoms with Crippen molar-refractivity contribution in [2.24, 2.45) is 10.9 Å². The number of thiazole rings is 1. The second kappa shape index (κ2) is 11.5. The number of hydrogen-bond donors (Lipinski definition) is 5. The fourth-order valence-corrected chi connectivity index (χ4v) is 7.69. The largest absolute Gasteiger partial charge is 0.477 e. The first-order valence-electron chi connectivity index (χ1n) is 10.4. The Bertz CT molecular complexity index is 1250. The molecule has 2 amide bonds. The van der Waals surface area contributed by atoms with Crippen LogP contribution in [-0.4, -0.2) is 78.1 Å². The van der Waals surface area contributed by atoms with Gasteiger partial charge in [-0.2, -0.15) is 11.8 Å². The maximum atomic E-state index is 12.9. The number of anilines is 1. The van der Waals surface area contributed by atoms with E-state index >= 15 is 0 Å². The summed E-state index contributed by atoms with van der Waals surface area (Å²) < 4.78 is 0.683. The van der Waals surface area contributed by atoms with Crippen molar-refractivity contribution in [2.45, 2.75) is 21.5 Å². The van der Waals surface area contributed by atoms with Gasteiger partial charge in [0.1, 0.15) is 28.6 Å². The number of fused-ring (bicyclic) bond motifs is 1. The normalized spacial score (nSPS) is 19.6. The molecule has 1 saturated heterocycles. The van der Waals surface area contributed by atoms with E-state index in [1.807, 2.05) is 5.38 Å². The molecule has 36 heavy (non-hydrogen) atoms. The number of β-lactam (4-membered cyclic amide) rings is 1. The maximum absolute atomic E-state index is 12.9. The zero-order chi connectivity index (χ0) is 25.8. The van der Waals surface area contributed by atoms with Crippen molar-refractivity contribution in [3.63, 3.8) is 0 Å². The summed E-state index contributed by atoms with van der Waals surface area (Å²) in [6, 6.07) is 3.49. The van der Waals surface area contributed by atoms with Crippen molar-refractivity contribution in [1.29, 1.82) is 0 Å². The third kappa shape index (κ3) is 5.46. The number of nitrogens with two attached hydrogens (primary N) is 2. The first-order valence-corrected chi connectivity index (χ1v) is 14.3. The second-order valence-electron chi connectivity index (χ2n) is 7.38. The van der Waals surface area contributed by atoms with Gasteiger partial charge < -0.3 is 27.1 Å². The third-order valence-electron chi connectivity index (χ3n) is 5.00. The van der Waals surface area contributed by atoms with Crippen molar-refractivity contribution in [3.8, 4) is 0 Å². The molecule has 2 aromatic rings. The predicted octanol–water partition coefficient (Wildman–Crippen LogP) is 0.979. The quantitative estimate of drug-likeness (QED) is 0.0898. The minimum Gasteiger partial charge on any atom is -0.477 e. The molecule has 190 valence electrons. The number of oxime groups is 1. The van der Waals surface area contributed by atoms with E-state index in [2.05, 4.69) is 20.4 Å². The number of aliphatic carboxylic acids is 1. The van der Waals surface area contributed by atoms with Gasteiger partial charge in [0, 0.05) is 34.1 Å². The Morgan fingerprint density at radius 3 is 2.83 bits per heavy atom. The monoisotopic (exact) mass is 567 g/mol. The lowest BCUT2D eigenvalue weighted by Crippen LogP contribution is -2.71. The molecule has 0 aliphatic carbocycles. The minimum absolute atomic E-state index is 0.0315. The Kier molecular flexibility index (Phi) is 8.40. The van der Waals surface area contributed by atoms with Gasteiger partial charge in [0.05, 0.1) is 5.69 Å². The van der Waals surface area contributed by atoms with E-state index < -0.39 is 34.9 Å². The summed E-state index contributed by atoms with van der Waals surface area (Å²) in [5.74, 6) is -0.669. The zero-order valence-electron chi connectivity index (χ0n) is 18.5. The Hall–Kier alpha value is -2.79. The Morgan fingerprint density at radius 2 is 2.14 bits per heavy atom. The molecule has 12 nitrogen and oxygen atoms in total. The molecular weight excluding hydrogens is 547 g/mol. The number of hydrogen-bond acceptors (Lipinski definition) is 13. The highest BCUT2D eigenvalue weighted by Crippen LogP contribution is 2.45. The number of carbonyl (C=O) groups is 3. The van der Waals surface area contributed by atoms with Gasteiger partial charge in [0.15, 0.2) is 10.1 Å². The van der Waals surface area contributed by atoms with Gasteiger partial charge in [0.25, 0.3) is 11.8 Å². The summed E-state index contributed by atoms with van der Waals surface area (Å²) >= 11 is 5.62. The third-order valence-corrected chi connectivity index (χ3v) is 9.56. The van der Waals surface area contributed by atoms with E-state index in [9.17, 15) is 24.7 Å². The molecule has 0 bridgehead atoms. The first-order chi connectivity index (χ1) is 17.3. The van der Waals surface area contributed by atoms with Crippen molar-refractivity contribution < 1.29 is 24.7 Å². The van der Waals surface area contributed by atoms with Gasteiger partial charge in [-0.1, -0.05) is 23.0 Å².